The van der Waals surface area contributed by atoms with E-state index in [-0.39, 0.29) is 30.1 Å². The number of piperidine rings is 1. The number of carbonyl (C=O) groups is 2. The van der Waals surface area contributed by atoms with Crippen LogP contribution in [0, 0.1) is 5.82 Å². The Morgan fingerprint density at radius 2 is 1.94 bits per heavy atom. The van der Waals surface area contributed by atoms with Crippen molar-refractivity contribution < 1.29 is 18.7 Å². The molecule has 1 aliphatic rings. The smallest absolute Gasteiger partial charge is 0.253 e. The number of halogens is 1. The van der Waals surface area contributed by atoms with E-state index in [0.29, 0.717) is 54.4 Å². The summed E-state index contributed by atoms with van der Waals surface area (Å²) in [6, 6.07) is 13.5. The Morgan fingerprint density at radius 1 is 1.18 bits per heavy atom. The molecule has 0 bridgehead atoms. The molecule has 8 heteroatoms. The number of amides is 2. The highest BCUT2D eigenvalue weighted by Crippen LogP contribution is 2.24. The van der Waals surface area contributed by atoms with Crippen LogP contribution in [0.2, 0.25) is 0 Å². The second-order valence-electron chi connectivity index (χ2n) is 7.92. The normalized spacial score (nSPS) is 14.2. The molecule has 2 aromatic carbocycles. The molecule has 0 unspecified atom stereocenters. The summed E-state index contributed by atoms with van der Waals surface area (Å²) >= 11 is 1.39. The summed E-state index contributed by atoms with van der Waals surface area (Å²) in [5.74, 6) is 0.338. The van der Waals surface area contributed by atoms with Crippen LogP contribution >= 0.6 is 11.3 Å². The third-order valence-corrected chi connectivity index (χ3v) is 6.46. The van der Waals surface area contributed by atoms with Gasteiger partial charge in [-0.05, 0) is 56.2 Å². The van der Waals surface area contributed by atoms with Gasteiger partial charge in [0.2, 0.25) is 5.91 Å². The van der Waals surface area contributed by atoms with Crippen molar-refractivity contribution in [2.45, 2.75) is 32.2 Å². The number of carbonyl (C=O) groups excluding carboxylic acids is 2. The molecule has 0 saturated carbocycles. The maximum Gasteiger partial charge on any atom is 0.253 e. The van der Waals surface area contributed by atoms with Gasteiger partial charge in [-0.1, -0.05) is 12.1 Å². The quantitative estimate of drug-likeness (QED) is 0.562. The zero-order valence-corrected chi connectivity index (χ0v) is 19.2. The van der Waals surface area contributed by atoms with E-state index in [1.165, 1.54) is 23.5 Å². The monoisotopic (exact) mass is 467 g/mol. The van der Waals surface area contributed by atoms with Gasteiger partial charge in [0.25, 0.3) is 5.91 Å². The SMILES string of the molecule is CCOc1ccc(C(=O)N2CCC(NC(=O)Cc3csc(-c4cccc(F)c4)n3)CC2)cc1. The first-order chi connectivity index (χ1) is 16.0. The molecule has 0 spiro atoms. The predicted octanol–water partition coefficient (Wildman–Crippen LogP) is 4.31. The van der Waals surface area contributed by atoms with Gasteiger partial charge >= 0.3 is 0 Å². The summed E-state index contributed by atoms with van der Waals surface area (Å²) in [7, 11) is 0. The molecule has 6 nitrogen and oxygen atoms in total. The van der Waals surface area contributed by atoms with Crippen LogP contribution < -0.4 is 10.1 Å². The van der Waals surface area contributed by atoms with E-state index in [2.05, 4.69) is 10.3 Å². The number of benzene rings is 2. The Kier molecular flexibility index (Phi) is 7.34. The van der Waals surface area contributed by atoms with Crippen molar-refractivity contribution in [1.82, 2.24) is 15.2 Å². The summed E-state index contributed by atoms with van der Waals surface area (Å²) < 4.78 is 18.9. The third kappa shape index (κ3) is 5.96. The number of rotatable bonds is 7. The van der Waals surface area contributed by atoms with Gasteiger partial charge in [0.1, 0.15) is 16.6 Å². The molecule has 0 atom stereocenters. The first-order valence-corrected chi connectivity index (χ1v) is 11.9. The molecule has 0 radical (unpaired) electrons. The van der Waals surface area contributed by atoms with E-state index in [4.69, 9.17) is 4.74 Å². The lowest BCUT2D eigenvalue weighted by Crippen LogP contribution is -2.46. The fourth-order valence-corrected chi connectivity index (χ4v) is 4.67. The van der Waals surface area contributed by atoms with Crippen LogP contribution in [0.3, 0.4) is 0 Å². The number of nitrogens with one attached hydrogen (secondary N) is 1. The number of thiazole rings is 1. The summed E-state index contributed by atoms with van der Waals surface area (Å²) in [6.07, 6.45) is 1.59. The third-order valence-electron chi connectivity index (χ3n) is 5.52. The molecule has 1 N–H and O–H groups in total. The number of hydrogen-bond donors (Lipinski definition) is 1. The highest BCUT2D eigenvalue weighted by atomic mass is 32.1. The first kappa shape index (κ1) is 22.9. The molecule has 1 aliphatic heterocycles. The average Bonchev–Trinajstić information content (AvgIpc) is 3.28. The summed E-state index contributed by atoms with van der Waals surface area (Å²) in [5, 5.41) is 5.58. The van der Waals surface area contributed by atoms with Crippen LogP contribution in [-0.4, -0.2) is 47.4 Å². The van der Waals surface area contributed by atoms with Crippen LogP contribution in [-0.2, 0) is 11.2 Å². The van der Waals surface area contributed by atoms with Gasteiger partial charge < -0.3 is 15.0 Å². The predicted molar refractivity (Wildman–Crippen MR) is 126 cm³/mol. The second-order valence-corrected chi connectivity index (χ2v) is 8.78. The fraction of sp³-hybridized carbons (Fsp3) is 0.320. The number of likely N-dealkylation sites (tertiary alicyclic amines) is 1. The molecule has 33 heavy (non-hydrogen) atoms. The Morgan fingerprint density at radius 3 is 2.64 bits per heavy atom. The molecule has 2 heterocycles. The van der Waals surface area contributed by atoms with Gasteiger partial charge in [-0.25, -0.2) is 9.37 Å². The Hall–Kier alpha value is -3.26. The zero-order chi connectivity index (χ0) is 23.2. The van der Waals surface area contributed by atoms with Crippen LogP contribution in [0.5, 0.6) is 5.75 Å². The second kappa shape index (κ2) is 10.6. The summed E-state index contributed by atoms with van der Waals surface area (Å²) in [6.45, 7) is 3.70. The van der Waals surface area contributed by atoms with E-state index in [1.807, 2.05) is 29.3 Å². The largest absolute Gasteiger partial charge is 0.494 e. The van der Waals surface area contributed by atoms with Crippen molar-refractivity contribution in [2.24, 2.45) is 0 Å². The van der Waals surface area contributed by atoms with E-state index in [0.717, 1.165) is 5.75 Å². The van der Waals surface area contributed by atoms with E-state index < -0.39 is 0 Å². The summed E-state index contributed by atoms with van der Waals surface area (Å²) in [5.41, 5.74) is 2.01. The van der Waals surface area contributed by atoms with Crippen molar-refractivity contribution in [1.29, 1.82) is 0 Å². The van der Waals surface area contributed by atoms with Crippen LogP contribution in [0.1, 0.15) is 35.8 Å². The lowest BCUT2D eigenvalue weighted by molar-refractivity contribution is -0.121. The van der Waals surface area contributed by atoms with Gasteiger partial charge in [-0.2, -0.15) is 0 Å². The topological polar surface area (TPSA) is 71.5 Å². The number of nitrogens with zero attached hydrogens (tertiary/aromatic N) is 2. The molecule has 172 valence electrons. The molecule has 2 amide bonds. The lowest BCUT2D eigenvalue weighted by atomic mass is 10.0. The van der Waals surface area contributed by atoms with Crippen LogP contribution in [0.25, 0.3) is 10.6 Å². The lowest BCUT2D eigenvalue weighted by Gasteiger charge is -2.32. The van der Waals surface area contributed by atoms with E-state index in [9.17, 15) is 14.0 Å². The van der Waals surface area contributed by atoms with Crippen molar-refractivity contribution in [2.75, 3.05) is 19.7 Å². The molecule has 1 fully saturated rings. The Balaban J connectivity index is 1.25. The Bertz CT molecular complexity index is 1110. The van der Waals surface area contributed by atoms with Crippen molar-refractivity contribution in [3.8, 4) is 16.3 Å². The van der Waals surface area contributed by atoms with Crippen molar-refractivity contribution in [3.63, 3.8) is 0 Å². The minimum atomic E-state index is -0.311. The molecule has 0 aliphatic carbocycles. The molecule has 1 saturated heterocycles. The number of hydrogen-bond acceptors (Lipinski definition) is 5. The average molecular weight is 468 g/mol. The first-order valence-electron chi connectivity index (χ1n) is 11.0. The molecular formula is C25H26FN3O3S. The highest BCUT2D eigenvalue weighted by Gasteiger charge is 2.25. The van der Waals surface area contributed by atoms with Crippen LogP contribution in [0.4, 0.5) is 4.39 Å². The molecular weight excluding hydrogens is 441 g/mol. The van der Waals surface area contributed by atoms with E-state index >= 15 is 0 Å². The van der Waals surface area contributed by atoms with Gasteiger partial charge in [-0.3, -0.25) is 9.59 Å². The van der Waals surface area contributed by atoms with Gasteiger partial charge in [0.05, 0.1) is 18.7 Å². The number of aromatic nitrogens is 1. The molecule has 1 aromatic heterocycles. The highest BCUT2D eigenvalue weighted by molar-refractivity contribution is 7.13. The fourth-order valence-electron chi connectivity index (χ4n) is 3.86. The standard InChI is InChI=1S/C25H26FN3O3S/c1-2-32-22-8-6-17(7-9-22)25(31)29-12-10-20(11-13-29)27-23(30)15-21-16-33-24(28-21)18-4-3-5-19(26)14-18/h3-9,14,16,20H,2,10-13,15H2,1H3,(H,27,30). The van der Waals surface area contributed by atoms with Crippen molar-refractivity contribution in [3.05, 3.63) is 71.0 Å². The van der Waals surface area contributed by atoms with Gasteiger partial charge in [0, 0.05) is 35.6 Å². The van der Waals surface area contributed by atoms with Crippen molar-refractivity contribution >= 4 is 23.2 Å². The summed E-state index contributed by atoms with van der Waals surface area (Å²) in [4.78, 5) is 31.5. The zero-order valence-electron chi connectivity index (χ0n) is 18.4. The molecule has 4 rings (SSSR count). The maximum absolute atomic E-state index is 13.4. The van der Waals surface area contributed by atoms with E-state index in [1.54, 1.807) is 24.3 Å². The van der Waals surface area contributed by atoms with Gasteiger partial charge in [-0.15, -0.1) is 11.3 Å². The molecule has 3 aromatic rings. The minimum absolute atomic E-state index is 0.00447. The minimum Gasteiger partial charge on any atom is -0.494 e. The Labute approximate surface area is 196 Å². The maximum atomic E-state index is 13.4. The number of ether oxygens (including phenoxy) is 1. The van der Waals surface area contributed by atoms with Crippen LogP contribution in [0.15, 0.2) is 53.9 Å². The van der Waals surface area contributed by atoms with Gasteiger partial charge in [0.15, 0.2) is 0 Å².